The molecule has 0 saturated heterocycles. The minimum Gasteiger partial charge on any atom is -0.488 e. The van der Waals surface area contributed by atoms with E-state index in [2.05, 4.69) is 9.88 Å². The first-order valence-corrected chi connectivity index (χ1v) is 14.6. The molecule has 0 saturated carbocycles. The summed E-state index contributed by atoms with van der Waals surface area (Å²) >= 11 is 0. The molecule has 2 heterocycles. The third kappa shape index (κ3) is 5.82. The second-order valence-electron chi connectivity index (χ2n) is 9.15. The number of aliphatic hydroxyl groups is 1. The van der Waals surface area contributed by atoms with Gasteiger partial charge in [0.15, 0.2) is 5.76 Å². The standard InChI is InChI=1S/C22H32N4O8S2/c1-13-10-26(14(2)12-27)22(28)18-9-17(24-35(6,29)30)7-8-19(18)33-20(13)11-25(5)36(31,32)21-15(3)23-34-16(21)4/h7-9,13-14,20,24,27H,10-12H2,1-6H3/t13-,14-,20-/m1/s1. The average Bonchev–Trinajstić information content (AvgIpc) is 3.13. The molecule has 1 aliphatic rings. The van der Waals surface area contributed by atoms with Crippen LogP contribution in [0.1, 0.15) is 35.7 Å². The highest BCUT2D eigenvalue weighted by atomic mass is 32.2. The Balaban J connectivity index is 2.01. The number of fused-ring (bicyclic) bond motifs is 1. The summed E-state index contributed by atoms with van der Waals surface area (Å²) in [7, 11) is -6.12. The molecule has 14 heteroatoms. The molecule has 0 radical (unpaired) electrons. The lowest BCUT2D eigenvalue weighted by atomic mass is 9.99. The van der Waals surface area contributed by atoms with Gasteiger partial charge >= 0.3 is 0 Å². The maximum Gasteiger partial charge on any atom is 0.258 e. The number of sulfonamides is 2. The van der Waals surface area contributed by atoms with Gasteiger partial charge in [0.05, 0.1) is 31.0 Å². The van der Waals surface area contributed by atoms with Crippen molar-refractivity contribution >= 4 is 31.6 Å². The monoisotopic (exact) mass is 544 g/mol. The number of carbonyl (C=O) groups excluding carboxylic acids is 1. The van der Waals surface area contributed by atoms with E-state index in [-0.39, 0.29) is 59.0 Å². The van der Waals surface area contributed by atoms with Crippen LogP contribution in [0.3, 0.4) is 0 Å². The second kappa shape index (κ2) is 10.4. The third-order valence-electron chi connectivity index (χ3n) is 6.04. The highest BCUT2D eigenvalue weighted by Gasteiger charge is 2.36. The van der Waals surface area contributed by atoms with Crippen LogP contribution in [-0.4, -0.2) is 87.4 Å². The molecule has 36 heavy (non-hydrogen) atoms. The Bertz CT molecular complexity index is 1320. The molecule has 1 aliphatic heterocycles. The molecule has 0 fully saturated rings. The Kier molecular flexibility index (Phi) is 8.03. The van der Waals surface area contributed by atoms with E-state index in [4.69, 9.17) is 9.26 Å². The van der Waals surface area contributed by atoms with Gasteiger partial charge in [-0.15, -0.1) is 0 Å². The topological polar surface area (TPSA) is 159 Å². The van der Waals surface area contributed by atoms with Gasteiger partial charge in [-0.25, -0.2) is 16.8 Å². The van der Waals surface area contributed by atoms with E-state index in [1.165, 1.54) is 37.1 Å². The molecule has 1 amide bonds. The highest BCUT2D eigenvalue weighted by molar-refractivity contribution is 7.92. The number of aromatic nitrogens is 1. The molecule has 0 spiro atoms. The molecule has 3 rings (SSSR count). The largest absolute Gasteiger partial charge is 0.488 e. The molecular weight excluding hydrogens is 512 g/mol. The number of hydrogen-bond donors (Lipinski definition) is 2. The number of likely N-dealkylation sites (N-methyl/N-ethyl adjacent to an activating group) is 1. The van der Waals surface area contributed by atoms with E-state index in [0.717, 1.165) is 10.6 Å². The normalized spacial score (nSPS) is 19.9. The maximum absolute atomic E-state index is 13.4. The first-order valence-electron chi connectivity index (χ1n) is 11.2. The molecule has 3 atom stereocenters. The number of amides is 1. The summed E-state index contributed by atoms with van der Waals surface area (Å²) < 4.78 is 64.7. The summed E-state index contributed by atoms with van der Waals surface area (Å²) in [5, 5.41) is 13.5. The van der Waals surface area contributed by atoms with Gasteiger partial charge in [-0.2, -0.15) is 4.31 Å². The fourth-order valence-electron chi connectivity index (χ4n) is 4.07. The number of aliphatic hydroxyl groups excluding tert-OH is 1. The minimum atomic E-state index is -3.95. The number of anilines is 1. The molecule has 1 aromatic carbocycles. The quantitative estimate of drug-likeness (QED) is 0.498. The number of aryl methyl sites for hydroxylation is 2. The first-order chi connectivity index (χ1) is 16.7. The van der Waals surface area contributed by atoms with Crippen LogP contribution >= 0.6 is 0 Å². The first kappa shape index (κ1) is 27.9. The Morgan fingerprint density at radius 1 is 1.28 bits per heavy atom. The number of carbonyl (C=O) groups is 1. The number of rotatable bonds is 8. The fraction of sp³-hybridized carbons (Fsp3) is 0.545. The zero-order valence-electron chi connectivity index (χ0n) is 21.0. The van der Waals surface area contributed by atoms with Gasteiger partial charge in [0, 0.05) is 25.2 Å². The van der Waals surface area contributed by atoms with Crippen molar-refractivity contribution in [1.29, 1.82) is 0 Å². The van der Waals surface area contributed by atoms with Gasteiger partial charge in [0.1, 0.15) is 22.4 Å². The van der Waals surface area contributed by atoms with Crippen LogP contribution in [0, 0.1) is 19.8 Å². The van der Waals surface area contributed by atoms with Gasteiger partial charge in [0.2, 0.25) is 20.0 Å². The fourth-order valence-corrected chi connectivity index (χ4v) is 6.09. The molecule has 2 N–H and O–H groups in total. The van der Waals surface area contributed by atoms with Gasteiger partial charge < -0.3 is 19.3 Å². The molecule has 2 aromatic rings. The van der Waals surface area contributed by atoms with Crippen molar-refractivity contribution in [2.75, 3.05) is 37.7 Å². The van der Waals surface area contributed by atoms with E-state index in [0.29, 0.717) is 0 Å². The van der Waals surface area contributed by atoms with E-state index in [9.17, 15) is 26.7 Å². The lowest BCUT2D eigenvalue weighted by Gasteiger charge is -2.38. The van der Waals surface area contributed by atoms with Gasteiger partial charge in [0.25, 0.3) is 5.91 Å². The molecule has 12 nitrogen and oxygen atoms in total. The van der Waals surface area contributed by atoms with Crippen LogP contribution in [0.2, 0.25) is 0 Å². The number of nitrogens with one attached hydrogen (secondary N) is 1. The lowest BCUT2D eigenvalue weighted by molar-refractivity contribution is 0.0387. The number of hydrogen-bond acceptors (Lipinski definition) is 9. The van der Waals surface area contributed by atoms with E-state index in [1.54, 1.807) is 13.8 Å². The van der Waals surface area contributed by atoms with Crippen LogP contribution in [-0.2, 0) is 20.0 Å². The van der Waals surface area contributed by atoms with Crippen molar-refractivity contribution in [2.45, 2.75) is 44.7 Å². The smallest absolute Gasteiger partial charge is 0.258 e. The third-order valence-corrected chi connectivity index (χ3v) is 8.72. The van der Waals surface area contributed by atoms with Crippen LogP contribution in [0.25, 0.3) is 0 Å². The average molecular weight is 545 g/mol. The van der Waals surface area contributed by atoms with Crippen molar-refractivity contribution in [3.63, 3.8) is 0 Å². The Morgan fingerprint density at radius 3 is 2.50 bits per heavy atom. The van der Waals surface area contributed by atoms with Crippen molar-refractivity contribution in [3.8, 4) is 5.75 Å². The van der Waals surface area contributed by atoms with Gasteiger partial charge in [-0.3, -0.25) is 9.52 Å². The SMILES string of the molecule is Cc1noc(C)c1S(=O)(=O)N(C)C[C@H]1Oc2ccc(NS(C)(=O)=O)cc2C(=O)N([C@H](C)CO)C[C@H]1C. The maximum atomic E-state index is 13.4. The van der Waals surface area contributed by atoms with Gasteiger partial charge in [-0.1, -0.05) is 12.1 Å². The summed E-state index contributed by atoms with van der Waals surface area (Å²) in [6.45, 7) is 6.42. The molecule has 0 aliphatic carbocycles. The number of nitrogens with zero attached hydrogens (tertiary/aromatic N) is 3. The van der Waals surface area contributed by atoms with E-state index < -0.39 is 38.1 Å². The molecule has 0 unspecified atom stereocenters. The van der Waals surface area contributed by atoms with Crippen molar-refractivity contribution in [3.05, 3.63) is 35.2 Å². The summed E-state index contributed by atoms with van der Waals surface area (Å²) in [5.74, 6) is -0.414. The zero-order chi connectivity index (χ0) is 27.0. The van der Waals surface area contributed by atoms with Crippen LogP contribution in [0.5, 0.6) is 5.75 Å². The van der Waals surface area contributed by atoms with E-state index in [1.807, 2.05) is 6.92 Å². The van der Waals surface area contributed by atoms with Crippen molar-refractivity contribution in [1.82, 2.24) is 14.4 Å². The zero-order valence-corrected chi connectivity index (χ0v) is 22.7. The number of benzene rings is 1. The molecule has 0 bridgehead atoms. The Labute approximate surface area is 211 Å². The van der Waals surface area contributed by atoms with Crippen LogP contribution in [0.15, 0.2) is 27.6 Å². The predicted molar refractivity (Wildman–Crippen MR) is 132 cm³/mol. The number of ether oxygens (including phenoxy) is 1. The predicted octanol–water partition coefficient (Wildman–Crippen LogP) is 1.20. The van der Waals surface area contributed by atoms with E-state index >= 15 is 0 Å². The highest BCUT2D eigenvalue weighted by Crippen LogP contribution is 2.32. The Morgan fingerprint density at radius 2 is 1.94 bits per heavy atom. The van der Waals surface area contributed by atoms with Gasteiger partial charge in [-0.05, 0) is 39.0 Å². The lowest BCUT2D eigenvalue weighted by Crippen LogP contribution is -2.50. The summed E-state index contributed by atoms with van der Waals surface area (Å²) in [4.78, 5) is 14.9. The Hall–Kier alpha value is -2.68. The van der Waals surface area contributed by atoms with Crippen molar-refractivity contribution < 1.29 is 36.0 Å². The van der Waals surface area contributed by atoms with Crippen LogP contribution in [0.4, 0.5) is 5.69 Å². The second-order valence-corrected chi connectivity index (χ2v) is 12.9. The summed E-state index contributed by atoms with van der Waals surface area (Å²) in [6.07, 6.45) is 0.314. The summed E-state index contributed by atoms with van der Waals surface area (Å²) in [6, 6.07) is 3.76. The molecule has 1 aromatic heterocycles. The molecule has 200 valence electrons. The molecular formula is C22H32N4O8S2. The summed E-state index contributed by atoms with van der Waals surface area (Å²) in [5.41, 5.74) is 0.515. The van der Waals surface area contributed by atoms with Crippen LogP contribution < -0.4 is 9.46 Å². The van der Waals surface area contributed by atoms with Crippen molar-refractivity contribution in [2.24, 2.45) is 5.92 Å². The minimum absolute atomic E-state index is 0.00824.